The average Bonchev–Trinajstić information content (AvgIpc) is 2.11. The zero-order chi connectivity index (χ0) is 11.8. The normalized spacial score (nSPS) is 9.53. The van der Waals surface area contributed by atoms with Gasteiger partial charge >= 0.3 is 5.97 Å². The number of esters is 1. The van der Waals surface area contributed by atoms with Gasteiger partial charge in [0.15, 0.2) is 0 Å². The van der Waals surface area contributed by atoms with Crippen LogP contribution >= 0.6 is 12.6 Å². The molecule has 0 aliphatic carbocycles. The lowest BCUT2D eigenvalue weighted by Gasteiger charge is -2.16. The number of imide groups is 1. The summed E-state index contributed by atoms with van der Waals surface area (Å²) in [6, 6.07) is 0. The van der Waals surface area contributed by atoms with Crippen molar-refractivity contribution in [3.8, 4) is 0 Å². The van der Waals surface area contributed by atoms with Gasteiger partial charge in [-0.25, -0.2) is 0 Å². The summed E-state index contributed by atoms with van der Waals surface area (Å²) >= 11 is 3.87. The molecule has 0 aromatic carbocycles. The van der Waals surface area contributed by atoms with Crippen molar-refractivity contribution in [2.24, 2.45) is 0 Å². The Bertz CT molecular complexity index is 240. The maximum atomic E-state index is 10.9. The Labute approximate surface area is 94.2 Å². The first-order chi connectivity index (χ1) is 6.99. The van der Waals surface area contributed by atoms with Crippen molar-refractivity contribution in [2.75, 3.05) is 18.9 Å². The van der Waals surface area contributed by atoms with Crippen LogP contribution in [0, 0.1) is 0 Å². The Morgan fingerprint density at radius 1 is 1.20 bits per heavy atom. The molecule has 5 nitrogen and oxygen atoms in total. The van der Waals surface area contributed by atoms with Crippen LogP contribution in [0.4, 0.5) is 0 Å². The Balaban J connectivity index is 3.87. The molecule has 0 aliphatic rings. The first kappa shape index (κ1) is 14.0. The zero-order valence-electron chi connectivity index (χ0n) is 8.86. The van der Waals surface area contributed by atoms with Gasteiger partial charge in [0.2, 0.25) is 11.8 Å². The summed E-state index contributed by atoms with van der Waals surface area (Å²) in [5.41, 5.74) is 0. The topological polar surface area (TPSA) is 63.7 Å². The van der Waals surface area contributed by atoms with Gasteiger partial charge < -0.3 is 4.74 Å². The van der Waals surface area contributed by atoms with Crippen molar-refractivity contribution >= 4 is 30.4 Å². The molecule has 0 saturated carbocycles. The second kappa shape index (κ2) is 7.28. The summed E-state index contributed by atoms with van der Waals surface area (Å²) in [6.07, 6.45) is 0.225. The molecule has 0 bridgehead atoms. The lowest BCUT2D eigenvalue weighted by Crippen LogP contribution is -2.36. The van der Waals surface area contributed by atoms with E-state index in [1.54, 1.807) is 0 Å². The number of carbonyl (C=O) groups is 3. The molecule has 0 N–H and O–H groups in total. The van der Waals surface area contributed by atoms with Crippen LogP contribution in [0.3, 0.4) is 0 Å². The van der Waals surface area contributed by atoms with E-state index in [1.807, 2.05) is 0 Å². The molecule has 0 aromatic heterocycles. The lowest BCUT2D eigenvalue weighted by atomic mass is 10.4. The molecule has 0 atom stereocenters. The number of thiol groups is 1. The predicted molar refractivity (Wildman–Crippen MR) is 57.5 cm³/mol. The van der Waals surface area contributed by atoms with E-state index in [0.717, 1.165) is 4.90 Å². The average molecular weight is 233 g/mol. The number of rotatable bonds is 5. The summed E-state index contributed by atoms with van der Waals surface area (Å²) in [4.78, 5) is 33.8. The van der Waals surface area contributed by atoms with Crippen LogP contribution in [0.5, 0.6) is 0 Å². The third kappa shape index (κ3) is 6.11. The summed E-state index contributed by atoms with van der Waals surface area (Å²) in [5, 5.41) is 0. The number of nitrogens with zero attached hydrogens (tertiary/aromatic N) is 1. The third-order valence-electron chi connectivity index (χ3n) is 1.65. The Morgan fingerprint density at radius 3 is 2.13 bits per heavy atom. The molecule has 0 saturated heterocycles. The molecule has 86 valence electrons. The van der Waals surface area contributed by atoms with E-state index in [9.17, 15) is 14.4 Å². The van der Waals surface area contributed by atoms with Gasteiger partial charge in [-0.1, -0.05) is 0 Å². The van der Waals surface area contributed by atoms with Crippen LogP contribution in [0.15, 0.2) is 0 Å². The lowest BCUT2D eigenvalue weighted by molar-refractivity contribution is -0.149. The number of carbonyl (C=O) groups excluding carboxylic acids is 3. The predicted octanol–water partition coefficient (Wildman–Crippen LogP) is 0.244. The number of hydrogen-bond donors (Lipinski definition) is 1. The van der Waals surface area contributed by atoms with Gasteiger partial charge in [-0.05, 0) is 0 Å². The molecule has 15 heavy (non-hydrogen) atoms. The summed E-state index contributed by atoms with van der Waals surface area (Å²) < 4.78 is 4.78. The summed E-state index contributed by atoms with van der Waals surface area (Å²) in [5.74, 6) is -0.667. The third-order valence-corrected chi connectivity index (χ3v) is 1.88. The van der Waals surface area contributed by atoms with Crippen LogP contribution in [-0.4, -0.2) is 41.6 Å². The molecule has 6 heteroatoms. The van der Waals surface area contributed by atoms with E-state index < -0.39 is 0 Å². The SMILES string of the molecule is CC(=O)N(CCOC(=O)CCS)C(C)=O. The highest BCUT2D eigenvalue weighted by Gasteiger charge is 2.13. The molecular formula is C9H15NO4S. The molecule has 0 radical (unpaired) electrons. The van der Waals surface area contributed by atoms with E-state index in [1.165, 1.54) is 13.8 Å². The molecular weight excluding hydrogens is 218 g/mol. The van der Waals surface area contributed by atoms with Gasteiger partial charge in [-0.3, -0.25) is 19.3 Å². The van der Waals surface area contributed by atoms with Crippen molar-refractivity contribution in [1.29, 1.82) is 0 Å². The van der Waals surface area contributed by atoms with Crippen LogP contribution in [0.2, 0.25) is 0 Å². The maximum Gasteiger partial charge on any atom is 0.306 e. The smallest absolute Gasteiger partial charge is 0.306 e. The van der Waals surface area contributed by atoms with Gasteiger partial charge in [-0.2, -0.15) is 12.6 Å². The van der Waals surface area contributed by atoms with Crippen molar-refractivity contribution in [2.45, 2.75) is 20.3 Å². The van der Waals surface area contributed by atoms with Gasteiger partial charge in [-0.15, -0.1) is 0 Å². The van der Waals surface area contributed by atoms with E-state index >= 15 is 0 Å². The highest BCUT2D eigenvalue weighted by Crippen LogP contribution is 1.93. The molecule has 0 unspecified atom stereocenters. The van der Waals surface area contributed by atoms with Crippen LogP contribution in [0.1, 0.15) is 20.3 Å². The minimum Gasteiger partial charge on any atom is -0.464 e. The monoisotopic (exact) mass is 233 g/mol. The van der Waals surface area contributed by atoms with Crippen LogP contribution in [-0.2, 0) is 19.1 Å². The van der Waals surface area contributed by atoms with Gasteiger partial charge in [0.25, 0.3) is 0 Å². The standard InChI is InChI=1S/C9H15NO4S/c1-7(11)10(8(2)12)4-5-14-9(13)3-6-15/h15H,3-6H2,1-2H3. The second-order valence-electron chi connectivity index (χ2n) is 2.88. The van der Waals surface area contributed by atoms with Crippen molar-refractivity contribution in [1.82, 2.24) is 4.90 Å². The van der Waals surface area contributed by atoms with E-state index in [-0.39, 0.29) is 37.4 Å². The van der Waals surface area contributed by atoms with Crippen molar-refractivity contribution in [3.63, 3.8) is 0 Å². The van der Waals surface area contributed by atoms with Crippen LogP contribution in [0.25, 0.3) is 0 Å². The van der Waals surface area contributed by atoms with Gasteiger partial charge in [0.05, 0.1) is 13.0 Å². The molecule has 0 aromatic rings. The highest BCUT2D eigenvalue weighted by atomic mass is 32.1. The fraction of sp³-hybridized carbons (Fsp3) is 0.667. The van der Waals surface area contributed by atoms with Crippen LogP contribution < -0.4 is 0 Å². The molecule has 0 fully saturated rings. The minimum atomic E-state index is -0.378. The highest BCUT2D eigenvalue weighted by molar-refractivity contribution is 7.80. The van der Waals surface area contributed by atoms with Gasteiger partial charge in [0, 0.05) is 19.6 Å². The van der Waals surface area contributed by atoms with Crippen molar-refractivity contribution < 1.29 is 19.1 Å². The summed E-state index contributed by atoms with van der Waals surface area (Å²) in [6.45, 7) is 2.71. The molecule has 0 rings (SSSR count). The number of hydrogen-bond acceptors (Lipinski definition) is 5. The maximum absolute atomic E-state index is 10.9. The fourth-order valence-electron chi connectivity index (χ4n) is 0.951. The molecule has 2 amide bonds. The van der Waals surface area contributed by atoms with E-state index in [4.69, 9.17) is 4.74 Å². The molecule has 0 aliphatic heterocycles. The number of ether oxygens (including phenoxy) is 1. The first-order valence-corrected chi connectivity index (χ1v) is 5.17. The molecule has 0 heterocycles. The zero-order valence-corrected chi connectivity index (χ0v) is 9.75. The largest absolute Gasteiger partial charge is 0.464 e. The van der Waals surface area contributed by atoms with E-state index in [0.29, 0.717) is 5.75 Å². The Kier molecular flexibility index (Phi) is 6.77. The van der Waals surface area contributed by atoms with Gasteiger partial charge in [0.1, 0.15) is 6.61 Å². The number of amides is 2. The Morgan fingerprint density at radius 2 is 1.73 bits per heavy atom. The second-order valence-corrected chi connectivity index (χ2v) is 3.33. The Hall–Kier alpha value is -1.04. The quantitative estimate of drug-likeness (QED) is 0.546. The minimum absolute atomic E-state index is 0.0335. The molecule has 0 spiro atoms. The summed E-state index contributed by atoms with van der Waals surface area (Å²) in [7, 11) is 0. The first-order valence-electron chi connectivity index (χ1n) is 4.54. The fourth-order valence-corrected chi connectivity index (χ4v) is 1.13. The van der Waals surface area contributed by atoms with Crippen molar-refractivity contribution in [3.05, 3.63) is 0 Å². The van der Waals surface area contributed by atoms with E-state index in [2.05, 4.69) is 12.6 Å².